The minimum atomic E-state index is -0.862. The molecule has 0 saturated carbocycles. The van der Waals surface area contributed by atoms with Crippen molar-refractivity contribution in [1.82, 2.24) is 9.97 Å². The van der Waals surface area contributed by atoms with E-state index in [2.05, 4.69) is 9.97 Å². The number of carbonyl (C=O) groups is 2. The van der Waals surface area contributed by atoms with Gasteiger partial charge >= 0.3 is 5.91 Å². The van der Waals surface area contributed by atoms with Crippen LogP contribution in [0, 0.1) is 6.92 Å². The van der Waals surface area contributed by atoms with Crippen molar-refractivity contribution in [2.24, 2.45) is 0 Å². The van der Waals surface area contributed by atoms with E-state index in [1.807, 2.05) is 37.3 Å². The first-order valence-electron chi connectivity index (χ1n) is 10.2. The number of hydrogen-bond acceptors (Lipinski definition) is 7. The molecule has 2 aromatic heterocycles. The van der Waals surface area contributed by atoms with Crippen LogP contribution in [0.4, 0.5) is 5.13 Å². The van der Waals surface area contributed by atoms with E-state index in [-0.39, 0.29) is 11.3 Å². The minimum absolute atomic E-state index is 0.0191. The maximum absolute atomic E-state index is 13.3. The third-order valence-electron chi connectivity index (χ3n) is 5.57. The van der Waals surface area contributed by atoms with Gasteiger partial charge in [0.2, 0.25) is 0 Å². The lowest BCUT2D eigenvalue weighted by molar-refractivity contribution is -0.132. The maximum Gasteiger partial charge on any atom is 0.301 e. The van der Waals surface area contributed by atoms with Crippen LogP contribution < -0.4 is 9.64 Å². The van der Waals surface area contributed by atoms with E-state index in [1.165, 1.54) is 23.3 Å². The monoisotopic (exact) mass is 457 g/mol. The van der Waals surface area contributed by atoms with E-state index < -0.39 is 17.7 Å². The standard InChI is InChI=1S/C25H19N3O4S/c1-14-7-8-18(32-2)16(13-14)22(29)20-21(15-9-11-26-12-10-15)28(24(31)23(20)30)25-27-17-5-3-4-6-19(17)33-25/h3-13,21,29H,1-2H3/b22-20+. The Balaban J connectivity index is 1.76. The van der Waals surface area contributed by atoms with Gasteiger partial charge < -0.3 is 9.84 Å². The van der Waals surface area contributed by atoms with E-state index in [4.69, 9.17) is 4.74 Å². The zero-order valence-corrected chi connectivity index (χ0v) is 18.7. The number of pyridine rings is 1. The van der Waals surface area contributed by atoms with Crippen LogP contribution in [0.5, 0.6) is 5.75 Å². The Hall–Kier alpha value is -4.04. The van der Waals surface area contributed by atoms with Crippen molar-refractivity contribution in [1.29, 1.82) is 0 Å². The Bertz CT molecular complexity index is 1400. The molecule has 1 N–H and O–H groups in total. The number of rotatable bonds is 4. The SMILES string of the molecule is COc1ccc(C)cc1/C(O)=C1\C(=O)C(=O)N(c2nc3ccccc3s2)C1c1ccncc1. The first-order chi connectivity index (χ1) is 16.0. The van der Waals surface area contributed by atoms with Crippen molar-refractivity contribution >= 4 is 44.1 Å². The zero-order chi connectivity index (χ0) is 23.1. The molecule has 1 saturated heterocycles. The number of anilines is 1. The number of nitrogens with zero attached hydrogens (tertiary/aromatic N) is 3. The molecule has 5 rings (SSSR count). The summed E-state index contributed by atoms with van der Waals surface area (Å²) < 4.78 is 6.30. The van der Waals surface area contributed by atoms with Crippen LogP contribution in [0.2, 0.25) is 0 Å². The normalized spacial score (nSPS) is 17.6. The van der Waals surface area contributed by atoms with Crippen molar-refractivity contribution in [3.05, 3.63) is 89.3 Å². The smallest absolute Gasteiger partial charge is 0.301 e. The summed E-state index contributed by atoms with van der Waals surface area (Å²) in [5, 5.41) is 11.7. The Kier molecular flexibility index (Phi) is 5.14. The molecule has 8 heteroatoms. The van der Waals surface area contributed by atoms with Crippen molar-refractivity contribution in [2.45, 2.75) is 13.0 Å². The molecule has 7 nitrogen and oxygen atoms in total. The molecule has 1 fully saturated rings. The number of aromatic nitrogens is 2. The van der Waals surface area contributed by atoms with Gasteiger partial charge in [-0.15, -0.1) is 0 Å². The van der Waals surface area contributed by atoms with Crippen LogP contribution in [-0.2, 0) is 9.59 Å². The van der Waals surface area contributed by atoms with Gasteiger partial charge in [0.1, 0.15) is 11.5 Å². The van der Waals surface area contributed by atoms with Gasteiger partial charge in [0, 0.05) is 12.4 Å². The molecule has 3 heterocycles. The second-order valence-electron chi connectivity index (χ2n) is 7.62. The average Bonchev–Trinajstić information content (AvgIpc) is 3.37. The van der Waals surface area contributed by atoms with E-state index in [0.29, 0.717) is 22.0 Å². The number of amides is 1. The largest absolute Gasteiger partial charge is 0.507 e. The van der Waals surface area contributed by atoms with Crippen LogP contribution in [0.15, 0.2) is 72.6 Å². The van der Waals surface area contributed by atoms with Gasteiger partial charge in [0.15, 0.2) is 5.13 Å². The minimum Gasteiger partial charge on any atom is -0.507 e. The molecule has 1 aliphatic rings. The maximum atomic E-state index is 13.3. The Morgan fingerprint density at radius 2 is 1.85 bits per heavy atom. The number of carbonyl (C=O) groups excluding carboxylic acids is 2. The van der Waals surface area contributed by atoms with Gasteiger partial charge in [0.25, 0.3) is 5.78 Å². The number of methoxy groups -OCH3 is 1. The fourth-order valence-electron chi connectivity index (χ4n) is 4.01. The van der Waals surface area contributed by atoms with Crippen molar-refractivity contribution < 1.29 is 19.4 Å². The highest BCUT2D eigenvalue weighted by Gasteiger charge is 2.48. The fourth-order valence-corrected chi connectivity index (χ4v) is 5.00. The summed E-state index contributed by atoms with van der Waals surface area (Å²) in [7, 11) is 1.49. The number of aliphatic hydroxyl groups is 1. The molecule has 1 atom stereocenters. The zero-order valence-electron chi connectivity index (χ0n) is 17.9. The van der Waals surface area contributed by atoms with Gasteiger partial charge in [-0.2, -0.15) is 0 Å². The first-order valence-corrected chi connectivity index (χ1v) is 11.0. The molecule has 1 aliphatic heterocycles. The van der Waals surface area contributed by atoms with Crippen LogP contribution in [0.1, 0.15) is 22.7 Å². The van der Waals surface area contributed by atoms with Gasteiger partial charge in [-0.25, -0.2) is 4.98 Å². The molecule has 0 aliphatic carbocycles. The molecule has 0 spiro atoms. The number of benzene rings is 2. The highest BCUT2D eigenvalue weighted by molar-refractivity contribution is 7.22. The Morgan fingerprint density at radius 3 is 2.58 bits per heavy atom. The molecular weight excluding hydrogens is 438 g/mol. The lowest BCUT2D eigenvalue weighted by Gasteiger charge is -2.23. The predicted molar refractivity (Wildman–Crippen MR) is 126 cm³/mol. The van der Waals surface area contributed by atoms with Crippen LogP contribution in [-0.4, -0.2) is 33.9 Å². The third kappa shape index (κ3) is 3.44. The van der Waals surface area contributed by atoms with Crippen molar-refractivity contribution in [3.63, 3.8) is 0 Å². The van der Waals surface area contributed by atoms with Gasteiger partial charge in [-0.1, -0.05) is 35.1 Å². The third-order valence-corrected chi connectivity index (χ3v) is 6.60. The number of ketones is 1. The van der Waals surface area contributed by atoms with Gasteiger partial charge in [-0.05, 0) is 48.9 Å². The topological polar surface area (TPSA) is 92.6 Å². The number of Topliss-reactive ketones (excluding diaryl/α,β-unsaturated/α-hetero) is 1. The predicted octanol–water partition coefficient (Wildman–Crippen LogP) is 4.63. The summed E-state index contributed by atoms with van der Waals surface area (Å²) >= 11 is 1.32. The molecular formula is C25H19N3O4S. The van der Waals surface area contributed by atoms with Gasteiger partial charge in [0.05, 0.1) is 34.5 Å². The summed E-state index contributed by atoms with van der Waals surface area (Å²) in [5.41, 5.74) is 2.57. The molecule has 2 aromatic carbocycles. The highest BCUT2D eigenvalue weighted by atomic mass is 32.1. The number of thiazole rings is 1. The molecule has 4 aromatic rings. The number of aliphatic hydroxyl groups excluding tert-OH is 1. The van der Waals surface area contributed by atoms with Crippen LogP contribution in [0.3, 0.4) is 0 Å². The first kappa shape index (κ1) is 20.8. The number of ether oxygens (including phenoxy) is 1. The number of hydrogen-bond donors (Lipinski definition) is 1. The quantitative estimate of drug-likeness (QED) is 0.273. The number of para-hydroxylation sites is 1. The van der Waals surface area contributed by atoms with Gasteiger partial charge in [-0.3, -0.25) is 19.5 Å². The Labute approximate surface area is 193 Å². The lowest BCUT2D eigenvalue weighted by Crippen LogP contribution is -2.29. The van der Waals surface area contributed by atoms with E-state index in [1.54, 1.807) is 36.7 Å². The average molecular weight is 458 g/mol. The van der Waals surface area contributed by atoms with Crippen LogP contribution in [0.25, 0.3) is 16.0 Å². The second kappa shape index (κ2) is 8.14. The summed E-state index contributed by atoms with van der Waals surface area (Å²) in [6.45, 7) is 1.87. The molecule has 0 radical (unpaired) electrons. The Morgan fingerprint density at radius 1 is 1.09 bits per heavy atom. The van der Waals surface area contributed by atoms with Crippen molar-refractivity contribution in [3.8, 4) is 5.75 Å². The molecule has 1 unspecified atom stereocenters. The second-order valence-corrected chi connectivity index (χ2v) is 8.63. The lowest BCUT2D eigenvalue weighted by atomic mass is 9.95. The summed E-state index contributed by atoms with van der Waals surface area (Å²) in [6, 6.07) is 15.4. The van der Waals surface area contributed by atoms with E-state index >= 15 is 0 Å². The van der Waals surface area contributed by atoms with Crippen LogP contribution >= 0.6 is 11.3 Å². The molecule has 33 heavy (non-hydrogen) atoms. The summed E-state index contributed by atoms with van der Waals surface area (Å²) in [5.74, 6) is -1.42. The number of aryl methyl sites for hydroxylation is 1. The summed E-state index contributed by atoms with van der Waals surface area (Å²) in [6.07, 6.45) is 3.17. The highest BCUT2D eigenvalue weighted by Crippen LogP contribution is 2.45. The van der Waals surface area contributed by atoms with E-state index in [0.717, 1.165) is 15.8 Å². The molecule has 1 amide bonds. The molecule has 164 valence electrons. The van der Waals surface area contributed by atoms with E-state index in [9.17, 15) is 14.7 Å². The number of fused-ring (bicyclic) bond motifs is 1. The van der Waals surface area contributed by atoms with Crippen molar-refractivity contribution in [2.75, 3.05) is 12.0 Å². The fraction of sp³-hybridized carbons (Fsp3) is 0.120. The summed E-state index contributed by atoms with van der Waals surface area (Å²) in [4.78, 5) is 36.6. The molecule has 0 bridgehead atoms.